The molecule has 2 aliphatic rings. The van der Waals surface area contributed by atoms with Crippen LogP contribution in [0.1, 0.15) is 38.5 Å². The highest BCUT2D eigenvalue weighted by Crippen LogP contribution is 2.29. The number of piperidine rings is 1. The maximum atomic E-state index is 12.6. The molecule has 8 heteroatoms. The predicted octanol–water partition coefficient (Wildman–Crippen LogP) is 1.53. The van der Waals surface area contributed by atoms with E-state index in [1.165, 1.54) is 0 Å². The number of rotatable bonds is 5. The molecule has 0 amide bonds. The molecule has 2 unspecified atom stereocenters. The summed E-state index contributed by atoms with van der Waals surface area (Å²) in [7, 11) is -3.23. The van der Waals surface area contributed by atoms with Crippen LogP contribution < -0.4 is 10.0 Å². The third kappa shape index (κ3) is 4.32. The van der Waals surface area contributed by atoms with Gasteiger partial charge >= 0.3 is 6.18 Å². The highest BCUT2D eigenvalue weighted by molar-refractivity contribution is 7.90. The van der Waals surface area contributed by atoms with E-state index in [0.717, 1.165) is 0 Å². The normalized spacial score (nSPS) is 29.4. The van der Waals surface area contributed by atoms with E-state index in [2.05, 4.69) is 10.0 Å². The Labute approximate surface area is 111 Å². The van der Waals surface area contributed by atoms with E-state index in [-0.39, 0.29) is 24.3 Å². The van der Waals surface area contributed by atoms with Crippen LogP contribution in [0.15, 0.2) is 0 Å². The molecular weight excluding hydrogens is 281 g/mol. The Morgan fingerprint density at radius 1 is 1.16 bits per heavy atom. The Kier molecular flexibility index (Phi) is 4.42. The van der Waals surface area contributed by atoms with Crippen molar-refractivity contribution in [2.45, 2.75) is 62.0 Å². The molecular formula is C11H19F3N2O2S. The molecule has 0 spiro atoms. The third-order valence-electron chi connectivity index (χ3n) is 3.64. The van der Waals surface area contributed by atoms with Crippen LogP contribution in [-0.4, -0.2) is 38.5 Å². The Morgan fingerprint density at radius 2 is 1.84 bits per heavy atom. The first-order chi connectivity index (χ1) is 8.79. The van der Waals surface area contributed by atoms with E-state index < -0.39 is 22.2 Å². The van der Waals surface area contributed by atoms with E-state index >= 15 is 0 Å². The van der Waals surface area contributed by atoms with Crippen LogP contribution in [0, 0.1) is 0 Å². The summed E-state index contributed by atoms with van der Waals surface area (Å²) in [5.41, 5.74) is 0. The number of nitrogens with one attached hydrogen (secondary N) is 2. The number of halogens is 3. The number of alkyl halides is 3. The summed E-state index contributed by atoms with van der Waals surface area (Å²) >= 11 is 0. The van der Waals surface area contributed by atoms with Crippen molar-refractivity contribution in [2.75, 3.05) is 6.54 Å². The van der Waals surface area contributed by atoms with Crippen LogP contribution in [0.25, 0.3) is 0 Å². The van der Waals surface area contributed by atoms with Gasteiger partial charge in [0.2, 0.25) is 10.0 Å². The molecule has 4 nitrogen and oxygen atoms in total. The van der Waals surface area contributed by atoms with Gasteiger partial charge in [-0.05, 0) is 32.1 Å². The van der Waals surface area contributed by atoms with Crippen LogP contribution in [-0.2, 0) is 10.0 Å². The molecule has 2 rings (SSSR count). The molecule has 2 fully saturated rings. The molecule has 0 aromatic heterocycles. The lowest BCUT2D eigenvalue weighted by Gasteiger charge is -2.32. The second-order valence-electron chi connectivity index (χ2n) is 5.32. The second kappa shape index (κ2) is 5.57. The maximum Gasteiger partial charge on any atom is 0.403 e. The first-order valence-electron chi connectivity index (χ1n) is 6.60. The lowest BCUT2D eigenvalue weighted by atomic mass is 9.96. The highest BCUT2D eigenvalue weighted by atomic mass is 32.2. The van der Waals surface area contributed by atoms with E-state index in [1.807, 2.05) is 0 Å². The molecule has 0 bridgehead atoms. The summed E-state index contributed by atoms with van der Waals surface area (Å²) in [4.78, 5) is 0. The van der Waals surface area contributed by atoms with Gasteiger partial charge in [0.15, 0.2) is 0 Å². The SMILES string of the molecule is O=S(=O)(NCCC1CCCC(C(F)(F)F)N1)C1CC1. The zero-order chi connectivity index (χ0) is 14.1. The van der Waals surface area contributed by atoms with Gasteiger partial charge in [-0.3, -0.25) is 0 Å². The zero-order valence-electron chi connectivity index (χ0n) is 10.5. The summed E-state index contributed by atoms with van der Waals surface area (Å²) in [6, 6.07) is -1.71. The summed E-state index contributed by atoms with van der Waals surface area (Å²) in [5, 5.41) is 2.28. The van der Waals surface area contributed by atoms with Gasteiger partial charge in [-0.15, -0.1) is 0 Å². The van der Waals surface area contributed by atoms with Gasteiger partial charge in [0.05, 0.1) is 5.25 Å². The molecule has 0 aromatic carbocycles. The first kappa shape index (κ1) is 15.1. The Morgan fingerprint density at radius 3 is 2.42 bits per heavy atom. The number of sulfonamides is 1. The molecule has 19 heavy (non-hydrogen) atoms. The van der Waals surface area contributed by atoms with Gasteiger partial charge in [0.25, 0.3) is 0 Å². The number of hydrogen-bond acceptors (Lipinski definition) is 3. The monoisotopic (exact) mass is 300 g/mol. The molecule has 1 saturated carbocycles. The first-order valence-corrected chi connectivity index (χ1v) is 8.15. The standard InChI is InChI=1S/C11H19F3N2O2S/c12-11(13,14)10-3-1-2-8(16-10)6-7-15-19(17,18)9-4-5-9/h8-10,15-16H,1-7H2. The Hall–Kier alpha value is -0.340. The van der Waals surface area contributed by atoms with Gasteiger partial charge in [0, 0.05) is 12.6 Å². The van der Waals surface area contributed by atoms with Gasteiger partial charge in [0.1, 0.15) is 6.04 Å². The third-order valence-corrected chi connectivity index (χ3v) is 5.59. The summed E-state index contributed by atoms with van der Waals surface area (Å²) < 4.78 is 63.3. The molecule has 2 N–H and O–H groups in total. The fourth-order valence-electron chi connectivity index (χ4n) is 2.38. The topological polar surface area (TPSA) is 58.2 Å². The van der Waals surface area contributed by atoms with Crippen molar-refractivity contribution < 1.29 is 21.6 Å². The second-order valence-corrected chi connectivity index (χ2v) is 7.36. The fourth-order valence-corrected chi connectivity index (χ4v) is 3.77. The van der Waals surface area contributed by atoms with E-state index in [4.69, 9.17) is 0 Å². The maximum absolute atomic E-state index is 12.6. The molecule has 1 aliphatic carbocycles. The van der Waals surface area contributed by atoms with Crippen molar-refractivity contribution in [3.63, 3.8) is 0 Å². The Balaban J connectivity index is 1.74. The molecule has 112 valence electrons. The van der Waals surface area contributed by atoms with Crippen molar-refractivity contribution >= 4 is 10.0 Å². The average Bonchev–Trinajstić information content (AvgIpc) is 3.12. The summed E-state index contributed by atoms with van der Waals surface area (Å²) in [5.74, 6) is 0. The average molecular weight is 300 g/mol. The van der Waals surface area contributed by atoms with Gasteiger partial charge in [-0.2, -0.15) is 13.2 Å². The van der Waals surface area contributed by atoms with Crippen molar-refractivity contribution in [2.24, 2.45) is 0 Å². The van der Waals surface area contributed by atoms with Gasteiger partial charge in [-0.25, -0.2) is 13.1 Å². The smallest absolute Gasteiger partial charge is 0.303 e. The van der Waals surface area contributed by atoms with Crippen molar-refractivity contribution in [1.82, 2.24) is 10.0 Å². The lowest BCUT2D eigenvalue weighted by Crippen LogP contribution is -2.51. The molecule has 2 atom stereocenters. The van der Waals surface area contributed by atoms with Gasteiger partial charge < -0.3 is 5.32 Å². The fraction of sp³-hybridized carbons (Fsp3) is 1.00. The van der Waals surface area contributed by atoms with E-state index in [1.54, 1.807) is 0 Å². The molecule has 1 heterocycles. The van der Waals surface area contributed by atoms with E-state index in [0.29, 0.717) is 32.1 Å². The zero-order valence-corrected chi connectivity index (χ0v) is 11.4. The molecule has 1 saturated heterocycles. The number of hydrogen-bond donors (Lipinski definition) is 2. The highest BCUT2D eigenvalue weighted by Gasteiger charge is 2.42. The van der Waals surface area contributed by atoms with Crippen molar-refractivity contribution in [3.05, 3.63) is 0 Å². The van der Waals surface area contributed by atoms with Crippen LogP contribution in [0.2, 0.25) is 0 Å². The molecule has 0 radical (unpaired) electrons. The minimum atomic E-state index is -4.22. The van der Waals surface area contributed by atoms with E-state index in [9.17, 15) is 21.6 Å². The minimum absolute atomic E-state index is 0.105. The van der Waals surface area contributed by atoms with Crippen LogP contribution in [0.3, 0.4) is 0 Å². The quantitative estimate of drug-likeness (QED) is 0.809. The molecule has 1 aliphatic heterocycles. The predicted molar refractivity (Wildman–Crippen MR) is 65.2 cm³/mol. The molecule has 0 aromatic rings. The van der Waals surface area contributed by atoms with Crippen molar-refractivity contribution in [3.8, 4) is 0 Å². The van der Waals surface area contributed by atoms with Crippen LogP contribution in [0.5, 0.6) is 0 Å². The Bertz CT molecular complexity index is 407. The largest absolute Gasteiger partial charge is 0.403 e. The minimum Gasteiger partial charge on any atom is -0.303 e. The lowest BCUT2D eigenvalue weighted by molar-refractivity contribution is -0.163. The van der Waals surface area contributed by atoms with Crippen LogP contribution >= 0.6 is 0 Å². The summed E-state index contributed by atoms with van der Waals surface area (Å²) in [6.07, 6.45) is -1.15. The summed E-state index contributed by atoms with van der Waals surface area (Å²) in [6.45, 7) is 0.209. The van der Waals surface area contributed by atoms with Gasteiger partial charge in [-0.1, -0.05) is 6.42 Å². The van der Waals surface area contributed by atoms with Crippen molar-refractivity contribution in [1.29, 1.82) is 0 Å². The van der Waals surface area contributed by atoms with Crippen LogP contribution in [0.4, 0.5) is 13.2 Å².